The van der Waals surface area contributed by atoms with Gasteiger partial charge in [0, 0.05) is 33.7 Å². The van der Waals surface area contributed by atoms with Crippen LogP contribution in [0.3, 0.4) is 0 Å². The molecule has 2 amide bonds. The van der Waals surface area contributed by atoms with Crippen LogP contribution in [0, 0.1) is 0 Å². The molecule has 3 rings (SSSR count). The Hall–Kier alpha value is -3.32. The monoisotopic (exact) mass is 422 g/mol. The fourth-order valence-electron chi connectivity index (χ4n) is 2.25. The van der Waals surface area contributed by atoms with Gasteiger partial charge in [-0.05, 0) is 54.1 Å². The smallest absolute Gasteiger partial charge is 0.271 e. The van der Waals surface area contributed by atoms with Gasteiger partial charge in [-0.15, -0.1) is 0 Å². The second-order valence-electron chi connectivity index (χ2n) is 5.52. The van der Waals surface area contributed by atoms with E-state index in [2.05, 4.69) is 36.8 Å². The van der Waals surface area contributed by atoms with E-state index in [4.69, 9.17) is 0 Å². The summed E-state index contributed by atoms with van der Waals surface area (Å²) in [6.07, 6.45) is 4.81. The number of nitrogens with one attached hydrogen (secondary N) is 2. The maximum Gasteiger partial charge on any atom is 0.271 e. The van der Waals surface area contributed by atoms with Gasteiger partial charge < -0.3 is 5.32 Å². The van der Waals surface area contributed by atoms with E-state index in [-0.39, 0.29) is 11.8 Å². The maximum atomic E-state index is 12.3. The number of halogens is 1. The Bertz CT molecular complexity index is 990. The molecule has 2 N–H and O–H groups in total. The highest BCUT2D eigenvalue weighted by atomic mass is 79.9. The summed E-state index contributed by atoms with van der Waals surface area (Å²) in [5.74, 6) is -0.636. The Kier molecular flexibility index (Phi) is 6.06. The van der Waals surface area contributed by atoms with Gasteiger partial charge in [0.2, 0.25) is 0 Å². The van der Waals surface area contributed by atoms with Gasteiger partial charge in [0.05, 0.1) is 6.21 Å². The summed E-state index contributed by atoms with van der Waals surface area (Å²) in [7, 11) is 0. The predicted octanol–water partition coefficient (Wildman–Crippen LogP) is 3.86. The Balaban J connectivity index is 1.65. The number of hydrogen-bond donors (Lipinski definition) is 2. The van der Waals surface area contributed by atoms with Gasteiger partial charge in [0.1, 0.15) is 0 Å². The van der Waals surface area contributed by atoms with E-state index in [0.29, 0.717) is 16.8 Å². The van der Waals surface area contributed by atoms with Crippen molar-refractivity contribution < 1.29 is 9.59 Å². The van der Waals surface area contributed by atoms with Crippen molar-refractivity contribution in [3.63, 3.8) is 0 Å². The second kappa shape index (κ2) is 8.86. The fourth-order valence-corrected chi connectivity index (χ4v) is 2.65. The van der Waals surface area contributed by atoms with Crippen molar-refractivity contribution >= 4 is 39.6 Å². The molecule has 0 saturated heterocycles. The summed E-state index contributed by atoms with van der Waals surface area (Å²) in [6.45, 7) is 0. The zero-order valence-corrected chi connectivity index (χ0v) is 15.7. The zero-order chi connectivity index (χ0) is 19.1. The van der Waals surface area contributed by atoms with Crippen molar-refractivity contribution in [2.45, 2.75) is 0 Å². The summed E-state index contributed by atoms with van der Waals surface area (Å²) in [6, 6.07) is 17.2. The van der Waals surface area contributed by atoms with Crippen LogP contribution in [-0.4, -0.2) is 23.0 Å². The number of nitrogens with zero attached hydrogens (tertiary/aromatic N) is 2. The number of benzene rings is 2. The highest BCUT2D eigenvalue weighted by Gasteiger charge is 2.09. The molecule has 0 aliphatic rings. The molecule has 7 heteroatoms. The van der Waals surface area contributed by atoms with Gasteiger partial charge in [-0.25, -0.2) is 5.43 Å². The molecule has 3 aromatic rings. The number of carbonyl (C=O) groups is 2. The minimum atomic E-state index is -0.376. The minimum absolute atomic E-state index is 0.260. The molecule has 0 aliphatic heterocycles. The molecule has 0 atom stereocenters. The Morgan fingerprint density at radius 1 is 0.926 bits per heavy atom. The summed E-state index contributed by atoms with van der Waals surface area (Å²) in [4.78, 5) is 28.5. The third-order valence-corrected chi connectivity index (χ3v) is 4.05. The van der Waals surface area contributed by atoms with Crippen LogP contribution in [-0.2, 0) is 0 Å². The normalized spacial score (nSPS) is 10.6. The Morgan fingerprint density at radius 3 is 2.37 bits per heavy atom. The van der Waals surface area contributed by atoms with E-state index in [0.717, 1.165) is 10.0 Å². The fraction of sp³-hybridized carbons (Fsp3) is 0. The number of hydrogen-bond acceptors (Lipinski definition) is 4. The number of rotatable bonds is 5. The third-order valence-electron chi connectivity index (χ3n) is 3.56. The SMILES string of the molecule is O=C(N/N=C\c1ccncc1)c1cccc(NC(=O)c2cccc(Br)c2)c1. The van der Waals surface area contributed by atoms with Crippen LogP contribution in [0.1, 0.15) is 26.3 Å². The van der Waals surface area contributed by atoms with Crippen molar-refractivity contribution in [3.8, 4) is 0 Å². The molecular weight excluding hydrogens is 408 g/mol. The molecule has 27 heavy (non-hydrogen) atoms. The summed E-state index contributed by atoms with van der Waals surface area (Å²) in [5.41, 5.74) is 4.70. The summed E-state index contributed by atoms with van der Waals surface area (Å²) in [5, 5.41) is 6.70. The number of anilines is 1. The van der Waals surface area contributed by atoms with Crippen LogP contribution >= 0.6 is 15.9 Å². The first-order valence-electron chi connectivity index (χ1n) is 8.02. The zero-order valence-electron chi connectivity index (χ0n) is 14.1. The molecule has 0 fully saturated rings. The molecule has 1 heterocycles. The van der Waals surface area contributed by atoms with Crippen molar-refractivity contribution in [2.24, 2.45) is 5.10 Å². The number of hydrazone groups is 1. The number of aromatic nitrogens is 1. The summed E-state index contributed by atoms with van der Waals surface area (Å²) >= 11 is 3.34. The van der Waals surface area contributed by atoms with E-state index in [1.54, 1.807) is 67.0 Å². The van der Waals surface area contributed by atoms with E-state index >= 15 is 0 Å². The Morgan fingerprint density at radius 2 is 1.63 bits per heavy atom. The van der Waals surface area contributed by atoms with E-state index in [1.165, 1.54) is 6.21 Å². The standard InChI is InChI=1S/C20H15BrN4O2/c21-17-5-1-3-15(11-17)19(26)24-18-6-2-4-16(12-18)20(27)25-23-13-14-7-9-22-10-8-14/h1-13H,(H,24,26)(H,25,27)/b23-13-. The molecule has 134 valence electrons. The number of carbonyl (C=O) groups excluding carboxylic acids is 2. The molecule has 0 aliphatic carbocycles. The quantitative estimate of drug-likeness (QED) is 0.483. The van der Waals surface area contributed by atoms with Crippen LogP contribution in [0.25, 0.3) is 0 Å². The number of amides is 2. The first-order chi connectivity index (χ1) is 13.1. The van der Waals surface area contributed by atoms with Gasteiger partial charge in [0.25, 0.3) is 11.8 Å². The second-order valence-corrected chi connectivity index (χ2v) is 6.44. The van der Waals surface area contributed by atoms with E-state index in [1.807, 2.05) is 6.07 Å². The maximum absolute atomic E-state index is 12.3. The van der Waals surface area contributed by atoms with Crippen LogP contribution in [0.4, 0.5) is 5.69 Å². The first kappa shape index (κ1) is 18.5. The lowest BCUT2D eigenvalue weighted by Crippen LogP contribution is -2.18. The van der Waals surface area contributed by atoms with Gasteiger partial charge >= 0.3 is 0 Å². The minimum Gasteiger partial charge on any atom is -0.322 e. The molecule has 2 aromatic carbocycles. The lowest BCUT2D eigenvalue weighted by atomic mass is 10.1. The van der Waals surface area contributed by atoms with Crippen LogP contribution in [0.2, 0.25) is 0 Å². The van der Waals surface area contributed by atoms with E-state index < -0.39 is 0 Å². The lowest BCUT2D eigenvalue weighted by molar-refractivity contribution is 0.0953. The van der Waals surface area contributed by atoms with Crippen LogP contribution < -0.4 is 10.7 Å². The van der Waals surface area contributed by atoms with Crippen molar-refractivity contribution in [2.75, 3.05) is 5.32 Å². The molecule has 0 bridgehead atoms. The predicted molar refractivity (Wildman–Crippen MR) is 108 cm³/mol. The van der Waals surface area contributed by atoms with Gasteiger partial charge in [-0.1, -0.05) is 28.1 Å². The largest absolute Gasteiger partial charge is 0.322 e. The topological polar surface area (TPSA) is 83.4 Å². The molecule has 0 radical (unpaired) electrons. The molecular formula is C20H15BrN4O2. The average molecular weight is 423 g/mol. The molecule has 1 aromatic heterocycles. The Labute approximate surface area is 164 Å². The lowest BCUT2D eigenvalue weighted by Gasteiger charge is -2.07. The summed E-state index contributed by atoms with van der Waals surface area (Å²) < 4.78 is 0.815. The first-order valence-corrected chi connectivity index (χ1v) is 8.81. The molecule has 0 spiro atoms. The molecule has 6 nitrogen and oxygen atoms in total. The molecule has 0 saturated carbocycles. The van der Waals surface area contributed by atoms with Gasteiger partial charge in [-0.2, -0.15) is 5.10 Å². The van der Waals surface area contributed by atoms with Crippen molar-refractivity contribution in [3.05, 3.63) is 94.2 Å². The average Bonchev–Trinajstić information content (AvgIpc) is 2.69. The van der Waals surface area contributed by atoms with E-state index in [9.17, 15) is 9.59 Å². The highest BCUT2D eigenvalue weighted by Crippen LogP contribution is 2.15. The van der Waals surface area contributed by atoms with Gasteiger partial charge in [0.15, 0.2) is 0 Å². The third kappa shape index (κ3) is 5.32. The van der Waals surface area contributed by atoms with Crippen LogP contribution in [0.5, 0.6) is 0 Å². The van der Waals surface area contributed by atoms with Crippen molar-refractivity contribution in [1.29, 1.82) is 0 Å². The van der Waals surface area contributed by atoms with Crippen molar-refractivity contribution in [1.82, 2.24) is 10.4 Å². The molecule has 0 unspecified atom stereocenters. The van der Waals surface area contributed by atoms with Crippen LogP contribution in [0.15, 0.2) is 82.6 Å². The number of pyridine rings is 1. The highest BCUT2D eigenvalue weighted by molar-refractivity contribution is 9.10. The van der Waals surface area contributed by atoms with Gasteiger partial charge in [-0.3, -0.25) is 14.6 Å².